The summed E-state index contributed by atoms with van der Waals surface area (Å²) in [6, 6.07) is 5.98. The molecule has 0 saturated heterocycles. The predicted octanol–water partition coefficient (Wildman–Crippen LogP) is 3.11. The lowest BCUT2D eigenvalue weighted by Crippen LogP contribution is -2.28. The fraction of sp³-hybridized carbons (Fsp3) is 0.533. The molecule has 0 aromatic heterocycles. The summed E-state index contributed by atoms with van der Waals surface area (Å²) in [5.74, 6) is 0.276. The molecule has 0 aliphatic heterocycles. The quantitative estimate of drug-likeness (QED) is 0.786. The SMILES string of the molecule is COc1ccc(C(C)C)cc1C(Cl)CN(C)CC(=O)O. The minimum Gasteiger partial charge on any atom is -0.496 e. The number of hydrogen-bond acceptors (Lipinski definition) is 3. The van der Waals surface area contributed by atoms with Gasteiger partial charge in [0.05, 0.1) is 19.0 Å². The van der Waals surface area contributed by atoms with Gasteiger partial charge in [-0.25, -0.2) is 0 Å². The summed E-state index contributed by atoms with van der Waals surface area (Å²) in [5, 5.41) is 8.46. The Kier molecular flexibility index (Phi) is 6.30. The normalized spacial score (nSPS) is 12.8. The highest BCUT2D eigenvalue weighted by Crippen LogP contribution is 2.32. The summed E-state index contributed by atoms with van der Waals surface area (Å²) < 4.78 is 5.34. The van der Waals surface area contributed by atoms with Crippen LogP contribution >= 0.6 is 11.6 Å². The molecule has 1 N–H and O–H groups in total. The molecule has 112 valence electrons. The van der Waals surface area contributed by atoms with Gasteiger partial charge in [0.1, 0.15) is 5.75 Å². The number of carbonyl (C=O) groups is 1. The fourth-order valence-corrected chi connectivity index (χ4v) is 2.43. The van der Waals surface area contributed by atoms with Crippen molar-refractivity contribution in [2.24, 2.45) is 0 Å². The molecule has 0 radical (unpaired) electrons. The number of alkyl halides is 1. The first-order valence-corrected chi connectivity index (χ1v) is 7.01. The summed E-state index contributed by atoms with van der Waals surface area (Å²) >= 11 is 6.43. The van der Waals surface area contributed by atoms with Crippen molar-refractivity contribution in [2.45, 2.75) is 25.1 Å². The van der Waals surface area contributed by atoms with Crippen LogP contribution in [0.4, 0.5) is 0 Å². The number of hydrogen-bond donors (Lipinski definition) is 1. The van der Waals surface area contributed by atoms with Crippen LogP contribution in [0.15, 0.2) is 18.2 Å². The summed E-state index contributed by atoms with van der Waals surface area (Å²) in [7, 11) is 3.35. The van der Waals surface area contributed by atoms with Gasteiger partial charge in [0.2, 0.25) is 0 Å². The second-order valence-corrected chi connectivity index (χ2v) is 5.74. The molecule has 5 heteroatoms. The summed E-state index contributed by atoms with van der Waals surface area (Å²) in [4.78, 5) is 12.4. The lowest BCUT2D eigenvalue weighted by molar-refractivity contribution is -0.137. The fourth-order valence-electron chi connectivity index (χ4n) is 2.02. The Balaban J connectivity index is 2.92. The molecule has 1 unspecified atom stereocenters. The Morgan fingerprint density at radius 3 is 2.60 bits per heavy atom. The van der Waals surface area contributed by atoms with E-state index < -0.39 is 5.97 Å². The van der Waals surface area contributed by atoms with Gasteiger partial charge in [0.15, 0.2) is 0 Å². The van der Waals surface area contributed by atoms with Crippen molar-refractivity contribution in [3.63, 3.8) is 0 Å². The zero-order valence-corrected chi connectivity index (χ0v) is 13.1. The number of benzene rings is 1. The van der Waals surface area contributed by atoms with Gasteiger partial charge in [0, 0.05) is 12.1 Å². The number of halogens is 1. The average Bonchev–Trinajstić information content (AvgIpc) is 2.36. The van der Waals surface area contributed by atoms with E-state index in [1.807, 2.05) is 18.2 Å². The number of likely N-dealkylation sites (N-methyl/N-ethyl adjacent to an activating group) is 1. The van der Waals surface area contributed by atoms with Crippen LogP contribution in [0.2, 0.25) is 0 Å². The molecule has 20 heavy (non-hydrogen) atoms. The molecule has 1 atom stereocenters. The van der Waals surface area contributed by atoms with Crippen LogP contribution in [-0.2, 0) is 4.79 Å². The zero-order chi connectivity index (χ0) is 15.3. The van der Waals surface area contributed by atoms with E-state index in [9.17, 15) is 4.79 Å². The Morgan fingerprint density at radius 1 is 1.45 bits per heavy atom. The van der Waals surface area contributed by atoms with Crippen molar-refractivity contribution in [1.82, 2.24) is 4.90 Å². The standard InChI is InChI=1S/C15H22ClNO3/c1-10(2)11-5-6-14(20-4)12(7-11)13(16)8-17(3)9-15(18)19/h5-7,10,13H,8-9H2,1-4H3,(H,18,19). The number of nitrogens with zero attached hydrogens (tertiary/aromatic N) is 1. The molecule has 0 heterocycles. The summed E-state index contributed by atoms with van der Waals surface area (Å²) in [6.07, 6.45) is 0. The molecule has 1 aromatic carbocycles. The molecule has 0 aliphatic rings. The lowest BCUT2D eigenvalue weighted by Gasteiger charge is -2.21. The van der Waals surface area contributed by atoms with Crippen molar-refractivity contribution in [3.05, 3.63) is 29.3 Å². The van der Waals surface area contributed by atoms with E-state index in [1.54, 1.807) is 19.1 Å². The van der Waals surface area contributed by atoms with Gasteiger partial charge in [-0.2, -0.15) is 0 Å². The van der Waals surface area contributed by atoms with Crippen molar-refractivity contribution < 1.29 is 14.6 Å². The van der Waals surface area contributed by atoms with Crippen LogP contribution < -0.4 is 4.74 Å². The Morgan fingerprint density at radius 2 is 2.10 bits per heavy atom. The van der Waals surface area contributed by atoms with Gasteiger partial charge in [-0.15, -0.1) is 11.6 Å². The lowest BCUT2D eigenvalue weighted by atomic mass is 9.98. The first kappa shape index (κ1) is 16.8. The molecular formula is C15H22ClNO3. The van der Waals surface area contributed by atoms with Crippen LogP contribution in [0.3, 0.4) is 0 Å². The minimum atomic E-state index is -0.862. The summed E-state index contributed by atoms with van der Waals surface area (Å²) in [6.45, 7) is 4.65. The number of ether oxygens (including phenoxy) is 1. The van der Waals surface area contributed by atoms with Crippen LogP contribution in [0.1, 0.15) is 36.3 Å². The number of methoxy groups -OCH3 is 1. The van der Waals surface area contributed by atoms with Crippen molar-refractivity contribution in [2.75, 3.05) is 27.2 Å². The Bertz CT molecular complexity index is 462. The van der Waals surface area contributed by atoms with Gasteiger partial charge < -0.3 is 9.84 Å². The second kappa shape index (κ2) is 7.50. The molecule has 0 amide bonds. The highest BCUT2D eigenvalue weighted by molar-refractivity contribution is 6.21. The zero-order valence-electron chi connectivity index (χ0n) is 12.4. The van der Waals surface area contributed by atoms with Crippen molar-refractivity contribution >= 4 is 17.6 Å². The average molecular weight is 300 g/mol. The van der Waals surface area contributed by atoms with E-state index in [-0.39, 0.29) is 11.9 Å². The maximum Gasteiger partial charge on any atom is 0.317 e. The second-order valence-electron chi connectivity index (χ2n) is 5.21. The first-order valence-electron chi connectivity index (χ1n) is 6.57. The van der Waals surface area contributed by atoms with Gasteiger partial charge in [-0.1, -0.05) is 26.0 Å². The van der Waals surface area contributed by atoms with E-state index in [1.165, 1.54) is 5.56 Å². The molecule has 0 fully saturated rings. The third kappa shape index (κ3) is 4.69. The van der Waals surface area contributed by atoms with Gasteiger partial charge >= 0.3 is 5.97 Å². The van der Waals surface area contributed by atoms with E-state index >= 15 is 0 Å². The molecule has 1 rings (SSSR count). The Labute approximate surface area is 125 Å². The number of carboxylic acids is 1. The molecule has 0 bridgehead atoms. The smallest absolute Gasteiger partial charge is 0.317 e. The molecule has 4 nitrogen and oxygen atoms in total. The van der Waals surface area contributed by atoms with Crippen LogP contribution in [0.25, 0.3) is 0 Å². The molecular weight excluding hydrogens is 278 g/mol. The number of aliphatic carboxylic acids is 1. The molecule has 1 aromatic rings. The monoisotopic (exact) mass is 299 g/mol. The van der Waals surface area contributed by atoms with Gasteiger partial charge in [-0.05, 0) is 24.6 Å². The number of rotatable bonds is 7. The van der Waals surface area contributed by atoms with Crippen LogP contribution in [-0.4, -0.2) is 43.2 Å². The van der Waals surface area contributed by atoms with Gasteiger partial charge in [-0.3, -0.25) is 9.69 Å². The largest absolute Gasteiger partial charge is 0.496 e. The number of carboxylic acid groups (broad SMARTS) is 1. The maximum atomic E-state index is 10.7. The summed E-state index contributed by atoms with van der Waals surface area (Å²) in [5.41, 5.74) is 2.09. The predicted molar refractivity (Wildman–Crippen MR) is 80.8 cm³/mol. The van der Waals surface area contributed by atoms with Gasteiger partial charge in [0.25, 0.3) is 0 Å². The highest BCUT2D eigenvalue weighted by atomic mass is 35.5. The topological polar surface area (TPSA) is 49.8 Å². The van der Waals surface area contributed by atoms with E-state index in [2.05, 4.69) is 13.8 Å². The maximum absolute atomic E-state index is 10.7. The minimum absolute atomic E-state index is 0.0323. The van der Waals surface area contributed by atoms with E-state index in [0.29, 0.717) is 12.5 Å². The van der Waals surface area contributed by atoms with Crippen LogP contribution in [0, 0.1) is 0 Å². The highest BCUT2D eigenvalue weighted by Gasteiger charge is 2.18. The third-order valence-corrected chi connectivity index (χ3v) is 3.51. The third-order valence-electron chi connectivity index (χ3n) is 3.14. The van der Waals surface area contributed by atoms with Crippen molar-refractivity contribution in [3.8, 4) is 5.75 Å². The molecule has 0 saturated carbocycles. The first-order chi connectivity index (χ1) is 9.35. The molecule has 0 spiro atoms. The molecule has 0 aliphatic carbocycles. The van der Waals surface area contributed by atoms with E-state index in [0.717, 1.165) is 11.3 Å². The Hall–Kier alpha value is -1.26. The van der Waals surface area contributed by atoms with E-state index in [4.69, 9.17) is 21.4 Å². The van der Waals surface area contributed by atoms with Crippen molar-refractivity contribution in [1.29, 1.82) is 0 Å². The van der Waals surface area contributed by atoms with Crippen LogP contribution in [0.5, 0.6) is 5.75 Å².